The van der Waals surface area contributed by atoms with Crippen LogP contribution in [0, 0.1) is 5.92 Å². The third kappa shape index (κ3) is 4.42. The van der Waals surface area contributed by atoms with Crippen molar-refractivity contribution in [2.45, 2.75) is 33.2 Å². The summed E-state index contributed by atoms with van der Waals surface area (Å²) in [5.74, 6) is 0.794. The highest BCUT2D eigenvalue weighted by Gasteiger charge is 1.98. The second kappa shape index (κ2) is 6.60. The van der Waals surface area contributed by atoms with Gasteiger partial charge in [0.25, 0.3) is 0 Å². The van der Waals surface area contributed by atoms with Gasteiger partial charge < -0.3 is 9.88 Å². The molecule has 3 nitrogen and oxygen atoms in total. The smallest absolute Gasteiger partial charge is 0.0946 e. The van der Waals surface area contributed by atoms with E-state index in [1.165, 1.54) is 12.8 Å². The topological polar surface area (TPSA) is 29.9 Å². The van der Waals surface area contributed by atoms with Crippen LogP contribution in [0.3, 0.4) is 0 Å². The summed E-state index contributed by atoms with van der Waals surface area (Å²) in [6.07, 6.45) is 8.27. The lowest BCUT2D eigenvalue weighted by atomic mass is 10.1. The third-order valence-corrected chi connectivity index (χ3v) is 2.38. The summed E-state index contributed by atoms with van der Waals surface area (Å²) in [6, 6.07) is 0. The van der Waals surface area contributed by atoms with Crippen molar-refractivity contribution < 1.29 is 0 Å². The van der Waals surface area contributed by atoms with E-state index >= 15 is 0 Å². The van der Waals surface area contributed by atoms with Gasteiger partial charge in [0.2, 0.25) is 0 Å². The highest BCUT2D eigenvalue weighted by atomic mass is 15.0. The van der Waals surface area contributed by atoms with Crippen LogP contribution in [0.15, 0.2) is 18.7 Å². The molecule has 0 aliphatic heterocycles. The SMILES string of the molecule is CCCC(C)CNCCn1ccnc1. The first-order valence-corrected chi connectivity index (χ1v) is 5.49. The number of imidazole rings is 1. The lowest BCUT2D eigenvalue weighted by Crippen LogP contribution is -2.24. The Morgan fingerprint density at radius 2 is 2.36 bits per heavy atom. The largest absolute Gasteiger partial charge is 0.336 e. The quantitative estimate of drug-likeness (QED) is 0.674. The molecular formula is C11H21N3. The van der Waals surface area contributed by atoms with Gasteiger partial charge in [-0.05, 0) is 18.9 Å². The standard InChI is InChI=1S/C11H21N3/c1-3-4-11(2)9-12-5-7-14-8-6-13-10-14/h6,8,10-12H,3-5,7,9H2,1-2H3. The maximum Gasteiger partial charge on any atom is 0.0946 e. The Kier molecular flexibility index (Phi) is 5.30. The molecule has 14 heavy (non-hydrogen) atoms. The van der Waals surface area contributed by atoms with Gasteiger partial charge in [0.15, 0.2) is 0 Å². The van der Waals surface area contributed by atoms with E-state index in [1.807, 2.05) is 18.7 Å². The maximum atomic E-state index is 4.00. The molecule has 0 saturated carbocycles. The zero-order valence-corrected chi connectivity index (χ0v) is 9.24. The van der Waals surface area contributed by atoms with Gasteiger partial charge in [0, 0.05) is 25.5 Å². The van der Waals surface area contributed by atoms with E-state index < -0.39 is 0 Å². The van der Waals surface area contributed by atoms with Gasteiger partial charge in [-0.15, -0.1) is 0 Å². The normalized spacial score (nSPS) is 13.0. The van der Waals surface area contributed by atoms with Crippen LogP contribution in [0.1, 0.15) is 26.7 Å². The minimum Gasteiger partial charge on any atom is -0.336 e. The number of rotatable bonds is 7. The maximum absolute atomic E-state index is 4.00. The molecule has 0 amide bonds. The number of nitrogens with zero attached hydrogens (tertiary/aromatic N) is 2. The molecule has 0 bridgehead atoms. The summed E-state index contributed by atoms with van der Waals surface area (Å²) in [5.41, 5.74) is 0. The first-order valence-electron chi connectivity index (χ1n) is 5.49. The van der Waals surface area contributed by atoms with Gasteiger partial charge in [-0.3, -0.25) is 0 Å². The highest BCUT2D eigenvalue weighted by Crippen LogP contribution is 2.02. The van der Waals surface area contributed by atoms with Crippen molar-refractivity contribution >= 4 is 0 Å². The molecule has 0 fully saturated rings. The van der Waals surface area contributed by atoms with Crippen LogP contribution in [0.5, 0.6) is 0 Å². The Labute approximate surface area is 86.5 Å². The fraction of sp³-hybridized carbons (Fsp3) is 0.727. The van der Waals surface area contributed by atoms with Crippen LogP contribution >= 0.6 is 0 Å². The van der Waals surface area contributed by atoms with Crippen molar-refractivity contribution in [2.24, 2.45) is 5.92 Å². The molecule has 1 unspecified atom stereocenters. The summed E-state index contributed by atoms with van der Waals surface area (Å²) in [7, 11) is 0. The molecule has 1 aromatic rings. The summed E-state index contributed by atoms with van der Waals surface area (Å²) >= 11 is 0. The molecule has 1 atom stereocenters. The fourth-order valence-corrected chi connectivity index (χ4v) is 1.57. The Morgan fingerprint density at radius 1 is 1.50 bits per heavy atom. The Balaban J connectivity index is 1.99. The van der Waals surface area contributed by atoms with Gasteiger partial charge in [-0.25, -0.2) is 4.98 Å². The summed E-state index contributed by atoms with van der Waals surface area (Å²) in [6.45, 7) is 7.71. The van der Waals surface area contributed by atoms with E-state index in [9.17, 15) is 0 Å². The molecule has 0 radical (unpaired) electrons. The van der Waals surface area contributed by atoms with Crippen LogP contribution in [0.2, 0.25) is 0 Å². The van der Waals surface area contributed by atoms with Crippen LogP contribution in [-0.4, -0.2) is 22.6 Å². The zero-order valence-electron chi connectivity index (χ0n) is 9.24. The second-order valence-electron chi connectivity index (χ2n) is 3.90. The van der Waals surface area contributed by atoms with E-state index in [0.29, 0.717) is 0 Å². The number of hydrogen-bond acceptors (Lipinski definition) is 2. The van der Waals surface area contributed by atoms with Gasteiger partial charge >= 0.3 is 0 Å². The van der Waals surface area contributed by atoms with Crippen molar-refractivity contribution in [3.8, 4) is 0 Å². The van der Waals surface area contributed by atoms with Crippen molar-refractivity contribution in [3.63, 3.8) is 0 Å². The number of hydrogen-bond donors (Lipinski definition) is 1. The molecule has 80 valence electrons. The molecule has 1 rings (SSSR count). The lowest BCUT2D eigenvalue weighted by Gasteiger charge is -2.11. The highest BCUT2D eigenvalue weighted by molar-refractivity contribution is 4.74. The van der Waals surface area contributed by atoms with Gasteiger partial charge in [-0.1, -0.05) is 20.3 Å². The fourth-order valence-electron chi connectivity index (χ4n) is 1.57. The van der Waals surface area contributed by atoms with Crippen LogP contribution < -0.4 is 5.32 Å². The van der Waals surface area contributed by atoms with E-state index in [2.05, 4.69) is 28.7 Å². The predicted molar refractivity (Wildman–Crippen MR) is 59.2 cm³/mol. The van der Waals surface area contributed by atoms with Gasteiger partial charge in [-0.2, -0.15) is 0 Å². The molecule has 0 saturated heterocycles. The molecule has 1 heterocycles. The first kappa shape index (κ1) is 11.2. The second-order valence-corrected chi connectivity index (χ2v) is 3.90. The molecule has 0 aromatic carbocycles. The third-order valence-electron chi connectivity index (χ3n) is 2.38. The molecule has 0 spiro atoms. The molecule has 3 heteroatoms. The average Bonchev–Trinajstić information content (AvgIpc) is 2.65. The molecule has 1 N–H and O–H groups in total. The van der Waals surface area contributed by atoms with Gasteiger partial charge in [0.1, 0.15) is 0 Å². The van der Waals surface area contributed by atoms with Crippen LogP contribution in [0.25, 0.3) is 0 Å². The average molecular weight is 195 g/mol. The van der Waals surface area contributed by atoms with E-state index in [0.717, 1.165) is 25.6 Å². The zero-order chi connectivity index (χ0) is 10.2. The van der Waals surface area contributed by atoms with Crippen molar-refractivity contribution in [2.75, 3.05) is 13.1 Å². The van der Waals surface area contributed by atoms with Crippen molar-refractivity contribution in [1.29, 1.82) is 0 Å². The Morgan fingerprint density at radius 3 is 3.00 bits per heavy atom. The van der Waals surface area contributed by atoms with Gasteiger partial charge in [0.05, 0.1) is 6.33 Å². The molecular weight excluding hydrogens is 174 g/mol. The Hall–Kier alpha value is -0.830. The van der Waals surface area contributed by atoms with Crippen LogP contribution in [-0.2, 0) is 6.54 Å². The molecule has 0 aliphatic rings. The lowest BCUT2D eigenvalue weighted by molar-refractivity contribution is 0.465. The van der Waals surface area contributed by atoms with Crippen molar-refractivity contribution in [3.05, 3.63) is 18.7 Å². The number of nitrogens with one attached hydrogen (secondary N) is 1. The van der Waals surface area contributed by atoms with Crippen LogP contribution in [0.4, 0.5) is 0 Å². The summed E-state index contributed by atoms with van der Waals surface area (Å²) in [4.78, 5) is 4.00. The van der Waals surface area contributed by atoms with E-state index in [1.54, 1.807) is 0 Å². The molecule has 1 aromatic heterocycles. The Bertz CT molecular complexity index is 218. The van der Waals surface area contributed by atoms with Crippen molar-refractivity contribution in [1.82, 2.24) is 14.9 Å². The minimum absolute atomic E-state index is 0.794. The van der Waals surface area contributed by atoms with E-state index in [4.69, 9.17) is 0 Å². The predicted octanol–water partition coefficient (Wildman–Crippen LogP) is 1.91. The van der Waals surface area contributed by atoms with E-state index in [-0.39, 0.29) is 0 Å². The summed E-state index contributed by atoms with van der Waals surface area (Å²) < 4.78 is 2.09. The summed E-state index contributed by atoms with van der Waals surface area (Å²) in [5, 5.41) is 3.46. The number of aromatic nitrogens is 2. The monoisotopic (exact) mass is 195 g/mol. The first-order chi connectivity index (χ1) is 6.83. The minimum atomic E-state index is 0.794. The molecule has 0 aliphatic carbocycles.